The summed E-state index contributed by atoms with van der Waals surface area (Å²) in [7, 11) is -4.16. The highest BCUT2D eigenvalue weighted by Crippen LogP contribution is 2.53. The van der Waals surface area contributed by atoms with E-state index in [9.17, 15) is 19.7 Å². The molecule has 11 heteroatoms. The number of aliphatic hydroxyl groups is 1. The van der Waals surface area contributed by atoms with Crippen LogP contribution in [0.4, 0.5) is 0 Å². The number of ether oxygens (including phenoxy) is 1. The maximum absolute atomic E-state index is 11.3. The fraction of sp³-hybridized carbons (Fsp3) is 0.556. The molecule has 0 saturated carbocycles. The monoisotopic (exact) mass is 321 g/mol. The molecule has 2 aliphatic rings. The molecule has 3 N–H and O–H groups in total. The molecule has 5 atom stereocenters. The molecule has 3 heterocycles. The van der Waals surface area contributed by atoms with E-state index < -0.39 is 38.1 Å². The van der Waals surface area contributed by atoms with Crippen LogP contribution in [-0.2, 0) is 18.3 Å². The lowest BCUT2D eigenvalue weighted by molar-refractivity contribution is -0.214. The molecule has 20 heavy (non-hydrogen) atoms. The average molecular weight is 321 g/mol. The third-order valence-corrected chi connectivity index (χ3v) is 4.88. The molecule has 3 rings (SSSR count). The molecule has 9 nitrogen and oxygen atoms in total. The lowest BCUT2D eigenvalue weighted by Gasteiger charge is -2.28. The Balaban J connectivity index is 1.82. The number of phosphoric ester groups is 1. The zero-order valence-electron chi connectivity index (χ0n) is 9.83. The standard InChI is InChI=1S/C9H11N2O7PS/c10-8(13)3-2-20-9(11-3)7-5(12)6-4(17-7)1-16-19(14,15)18-6/h2,4-7,12H,1H2,(H2,10,13)(H,14,15)/p-1/t4-,5-,6-,7-/m1/s1. The summed E-state index contributed by atoms with van der Waals surface area (Å²) in [4.78, 5) is 13.1. The van der Waals surface area contributed by atoms with Crippen molar-refractivity contribution < 1.29 is 33.5 Å². The molecule has 1 unspecified atom stereocenters. The Labute approximate surface area is 116 Å². The van der Waals surface area contributed by atoms with E-state index in [0.29, 0.717) is 5.01 Å². The number of aliphatic hydroxyl groups excluding tert-OH is 1. The third-order valence-electron chi connectivity index (χ3n) is 2.99. The normalized spacial score (nSPS) is 40.5. The fourth-order valence-corrected chi connectivity index (χ4v) is 3.92. The zero-order chi connectivity index (χ0) is 14.5. The third kappa shape index (κ3) is 2.40. The largest absolute Gasteiger partial charge is 0.858 e. The summed E-state index contributed by atoms with van der Waals surface area (Å²) in [5.41, 5.74) is -0.0410. The molecule has 0 bridgehead atoms. The highest BCUT2D eigenvalue weighted by molar-refractivity contribution is 7.47. The Morgan fingerprint density at radius 3 is 3.05 bits per heavy atom. The summed E-state index contributed by atoms with van der Waals surface area (Å²) in [6.45, 7) is -0.179. The van der Waals surface area contributed by atoms with Gasteiger partial charge in [0.05, 0.1) is 12.3 Å². The van der Waals surface area contributed by atoms with Crippen molar-refractivity contribution in [2.45, 2.75) is 24.4 Å². The van der Waals surface area contributed by atoms with Crippen LogP contribution in [0.15, 0.2) is 5.38 Å². The van der Waals surface area contributed by atoms with E-state index in [1.165, 1.54) is 5.38 Å². The molecule has 0 aliphatic carbocycles. The minimum atomic E-state index is -4.16. The number of hydrogen-bond acceptors (Lipinski definition) is 9. The molecule has 2 aliphatic heterocycles. The van der Waals surface area contributed by atoms with Gasteiger partial charge in [-0.2, -0.15) is 0 Å². The lowest BCUT2D eigenvalue weighted by atomic mass is 10.1. The zero-order valence-corrected chi connectivity index (χ0v) is 11.5. The molecule has 0 spiro atoms. The number of rotatable bonds is 2. The maximum Gasteiger partial charge on any atom is 0.472 e. The Morgan fingerprint density at radius 1 is 1.65 bits per heavy atom. The van der Waals surface area contributed by atoms with Gasteiger partial charge in [0.1, 0.15) is 29.4 Å². The Bertz CT molecular complexity index is 593. The fourth-order valence-electron chi connectivity index (χ4n) is 2.08. The van der Waals surface area contributed by atoms with Crippen LogP contribution < -0.4 is 5.11 Å². The minimum Gasteiger partial charge on any atom is -0.858 e. The first kappa shape index (κ1) is 14.1. The van der Waals surface area contributed by atoms with Crippen LogP contribution in [0.25, 0.3) is 0 Å². The summed E-state index contributed by atoms with van der Waals surface area (Å²) in [6.07, 6.45) is -3.78. The summed E-state index contributed by atoms with van der Waals surface area (Å²) in [5, 5.41) is 29.6. The quantitative estimate of drug-likeness (QED) is 0.362. The van der Waals surface area contributed by atoms with E-state index in [-0.39, 0.29) is 12.3 Å². The molecule has 110 valence electrons. The Morgan fingerprint density at radius 2 is 2.40 bits per heavy atom. The number of phosphoric acid groups is 1. The van der Waals surface area contributed by atoms with E-state index in [1.54, 1.807) is 0 Å². The second kappa shape index (κ2) is 4.85. The molecule has 1 aromatic heterocycles. The molecule has 1 aromatic rings. The highest BCUT2D eigenvalue weighted by atomic mass is 32.1. The van der Waals surface area contributed by atoms with E-state index in [1.807, 2.05) is 0 Å². The van der Waals surface area contributed by atoms with Gasteiger partial charge in [-0.15, -0.1) is 11.3 Å². The van der Waals surface area contributed by atoms with Gasteiger partial charge >= 0.3 is 7.82 Å². The smallest absolute Gasteiger partial charge is 0.472 e. The van der Waals surface area contributed by atoms with Gasteiger partial charge in [0.25, 0.3) is 0 Å². The lowest BCUT2D eigenvalue weighted by Crippen LogP contribution is -2.38. The second-order valence-corrected chi connectivity index (χ2v) is 6.62. The molecule has 0 aromatic carbocycles. The first-order valence-electron chi connectivity index (χ1n) is 5.58. The number of hydrogen-bond donors (Lipinski definition) is 3. The van der Waals surface area contributed by atoms with E-state index in [0.717, 1.165) is 11.3 Å². The summed E-state index contributed by atoms with van der Waals surface area (Å²) < 4.78 is 26.2. The van der Waals surface area contributed by atoms with Gasteiger partial charge in [-0.1, -0.05) is 0 Å². The predicted octanol–water partition coefficient (Wildman–Crippen LogP) is -0.855. The number of nitrogens with zero attached hydrogens (tertiary/aromatic N) is 1. The topological polar surface area (TPSA) is 145 Å². The summed E-state index contributed by atoms with van der Waals surface area (Å²) >= 11 is 1.06. The molecule has 0 radical (unpaired) electrons. The molecule has 2 fully saturated rings. The average Bonchev–Trinajstić information content (AvgIpc) is 2.95. The SMILES string of the molecule is N=C([O-])c1csc([C@@H]2O[C@@H]3COP(=O)(O)O[C@H]3[C@H]2O)n1. The van der Waals surface area contributed by atoms with Crippen molar-refractivity contribution in [2.75, 3.05) is 6.61 Å². The van der Waals surface area contributed by atoms with Crippen molar-refractivity contribution in [1.29, 1.82) is 5.41 Å². The second-order valence-electron chi connectivity index (χ2n) is 4.32. The van der Waals surface area contributed by atoms with Crippen molar-refractivity contribution in [3.05, 3.63) is 16.1 Å². The van der Waals surface area contributed by atoms with Gasteiger partial charge in [0.2, 0.25) is 0 Å². The number of thiazole rings is 1. The van der Waals surface area contributed by atoms with E-state index >= 15 is 0 Å². The van der Waals surface area contributed by atoms with Crippen LogP contribution in [0, 0.1) is 5.41 Å². The van der Waals surface area contributed by atoms with Crippen molar-refractivity contribution in [2.24, 2.45) is 0 Å². The van der Waals surface area contributed by atoms with Gasteiger partial charge in [-0.05, 0) is 0 Å². The van der Waals surface area contributed by atoms with Crippen LogP contribution in [0.1, 0.15) is 16.8 Å². The first-order chi connectivity index (χ1) is 9.37. The minimum absolute atomic E-state index is 0.0410. The van der Waals surface area contributed by atoms with Crippen molar-refractivity contribution >= 4 is 25.1 Å². The first-order valence-corrected chi connectivity index (χ1v) is 7.95. The van der Waals surface area contributed by atoms with Crippen LogP contribution >= 0.6 is 19.2 Å². The van der Waals surface area contributed by atoms with Gasteiger partial charge in [0, 0.05) is 11.3 Å². The van der Waals surface area contributed by atoms with Gasteiger partial charge in [-0.3, -0.25) is 9.05 Å². The van der Waals surface area contributed by atoms with Gasteiger partial charge in [0.15, 0.2) is 0 Å². The highest BCUT2D eigenvalue weighted by Gasteiger charge is 2.52. The van der Waals surface area contributed by atoms with Crippen LogP contribution in [0.3, 0.4) is 0 Å². The van der Waals surface area contributed by atoms with Crippen molar-refractivity contribution in [3.63, 3.8) is 0 Å². The van der Waals surface area contributed by atoms with Gasteiger partial charge in [-0.25, -0.2) is 9.55 Å². The molecular formula is C9H10N2O7PS-. The summed E-state index contributed by atoms with van der Waals surface area (Å²) in [6, 6.07) is 0. The van der Waals surface area contributed by atoms with Crippen LogP contribution in [0.2, 0.25) is 0 Å². The Kier molecular flexibility index (Phi) is 3.41. The van der Waals surface area contributed by atoms with Crippen molar-refractivity contribution in [3.8, 4) is 0 Å². The molecule has 0 amide bonds. The number of aromatic nitrogens is 1. The predicted molar refractivity (Wildman–Crippen MR) is 63.2 cm³/mol. The number of fused-ring (bicyclic) bond motifs is 1. The van der Waals surface area contributed by atoms with Crippen LogP contribution in [0.5, 0.6) is 0 Å². The van der Waals surface area contributed by atoms with E-state index in [4.69, 9.17) is 14.7 Å². The van der Waals surface area contributed by atoms with Crippen LogP contribution in [-0.4, -0.2) is 45.8 Å². The molecule has 2 saturated heterocycles. The van der Waals surface area contributed by atoms with Crippen molar-refractivity contribution in [1.82, 2.24) is 4.98 Å². The summed E-state index contributed by atoms with van der Waals surface area (Å²) in [5.74, 6) is -0.933. The number of nitrogens with one attached hydrogen (secondary N) is 1. The van der Waals surface area contributed by atoms with Gasteiger partial charge < -0.3 is 25.3 Å². The Hall–Kier alpha value is -0.870. The molecular weight excluding hydrogens is 311 g/mol. The van der Waals surface area contributed by atoms with E-state index in [2.05, 4.69) is 9.51 Å². The maximum atomic E-state index is 11.3.